The van der Waals surface area contributed by atoms with Gasteiger partial charge in [0.15, 0.2) is 10.7 Å². The molecule has 0 saturated carbocycles. The van der Waals surface area contributed by atoms with Crippen LogP contribution in [0.5, 0.6) is 5.88 Å². The fraction of sp³-hybridized carbons (Fsp3) is 0.636. The van der Waals surface area contributed by atoms with E-state index in [9.17, 15) is 39.2 Å². The van der Waals surface area contributed by atoms with Crippen molar-refractivity contribution in [1.29, 1.82) is 0 Å². The van der Waals surface area contributed by atoms with Crippen LogP contribution in [0.2, 0.25) is 0 Å². The molecule has 0 aromatic carbocycles. The Hall–Kier alpha value is -2.06. The lowest BCUT2D eigenvalue weighted by Crippen LogP contribution is -2.34. The van der Waals surface area contributed by atoms with Crippen LogP contribution in [0.25, 0.3) is 0 Å². The van der Waals surface area contributed by atoms with Crippen LogP contribution in [0.1, 0.15) is 24.6 Å². The standard InChI is InChI=1S/C11H10F7N3O4S/c1-4-3-5(20-25-4)26(22,23)11(17,18)6-7(10(14,15)16)19-21(2)8(6)24-9(12)13/h4,9H,3H2,1-2H3. The fourth-order valence-electron chi connectivity index (χ4n) is 2.10. The maximum Gasteiger partial charge on any atom is 0.435 e. The molecule has 0 bridgehead atoms. The zero-order chi connectivity index (χ0) is 20.1. The Morgan fingerprint density at radius 3 is 2.27 bits per heavy atom. The summed E-state index contributed by atoms with van der Waals surface area (Å²) in [6.45, 7) is -2.53. The average Bonchev–Trinajstić information content (AvgIpc) is 3.03. The quantitative estimate of drug-likeness (QED) is 0.709. The van der Waals surface area contributed by atoms with Gasteiger partial charge < -0.3 is 9.57 Å². The van der Waals surface area contributed by atoms with Gasteiger partial charge in [0, 0.05) is 13.5 Å². The Bertz CT molecular complexity index is 832. The van der Waals surface area contributed by atoms with Crippen molar-refractivity contribution in [3.63, 3.8) is 0 Å². The van der Waals surface area contributed by atoms with Gasteiger partial charge >= 0.3 is 18.0 Å². The third kappa shape index (κ3) is 3.31. The second-order valence-corrected chi connectivity index (χ2v) is 7.14. The number of hydrogen-bond acceptors (Lipinski definition) is 6. The minimum atomic E-state index is -5.84. The Balaban J connectivity index is 2.71. The first-order valence-electron chi connectivity index (χ1n) is 6.64. The maximum absolute atomic E-state index is 14.6. The van der Waals surface area contributed by atoms with Crippen molar-refractivity contribution >= 4 is 14.9 Å². The van der Waals surface area contributed by atoms with Crippen molar-refractivity contribution in [2.24, 2.45) is 12.2 Å². The van der Waals surface area contributed by atoms with Crippen molar-refractivity contribution in [3.05, 3.63) is 11.3 Å². The van der Waals surface area contributed by atoms with Crippen LogP contribution in [-0.2, 0) is 33.2 Å². The molecular weight excluding hydrogens is 403 g/mol. The van der Waals surface area contributed by atoms with Crippen LogP contribution >= 0.6 is 0 Å². The first-order valence-corrected chi connectivity index (χ1v) is 8.12. The number of sulfone groups is 1. The molecule has 1 aliphatic rings. The SMILES string of the molecule is CC1CC(S(=O)(=O)C(F)(F)c2c(C(F)(F)F)nn(C)c2OC(F)F)=NO1. The predicted molar refractivity (Wildman–Crippen MR) is 70.3 cm³/mol. The van der Waals surface area contributed by atoms with Crippen LogP contribution in [0, 0.1) is 0 Å². The summed E-state index contributed by atoms with van der Waals surface area (Å²) in [7, 11) is -5.23. The normalized spacial score (nSPS) is 18.8. The summed E-state index contributed by atoms with van der Waals surface area (Å²) < 4.78 is 121. The molecule has 148 valence electrons. The van der Waals surface area contributed by atoms with Gasteiger partial charge in [0.25, 0.3) is 9.84 Å². The van der Waals surface area contributed by atoms with Gasteiger partial charge in [-0.1, -0.05) is 5.16 Å². The lowest BCUT2D eigenvalue weighted by atomic mass is 10.2. The molecule has 26 heavy (non-hydrogen) atoms. The van der Waals surface area contributed by atoms with Crippen molar-refractivity contribution in [1.82, 2.24) is 9.78 Å². The summed E-state index contributed by atoms with van der Waals surface area (Å²) in [6, 6.07) is 0. The molecule has 1 aromatic heterocycles. The van der Waals surface area contributed by atoms with Crippen molar-refractivity contribution < 1.29 is 48.7 Å². The highest BCUT2D eigenvalue weighted by molar-refractivity contribution is 8.06. The van der Waals surface area contributed by atoms with E-state index in [1.54, 1.807) is 0 Å². The number of aromatic nitrogens is 2. The Kier molecular flexibility index (Phi) is 4.89. The molecule has 1 atom stereocenters. The highest BCUT2D eigenvalue weighted by Crippen LogP contribution is 2.48. The fourth-order valence-corrected chi connectivity index (χ4v) is 3.44. The van der Waals surface area contributed by atoms with Crippen molar-refractivity contribution in [2.45, 2.75) is 37.5 Å². The first-order chi connectivity index (χ1) is 11.7. The van der Waals surface area contributed by atoms with Gasteiger partial charge in [-0.2, -0.15) is 35.8 Å². The van der Waals surface area contributed by atoms with E-state index in [-0.39, 0.29) is 4.68 Å². The Labute approximate surface area is 141 Å². The van der Waals surface area contributed by atoms with Gasteiger partial charge in [-0.05, 0) is 6.92 Å². The maximum atomic E-state index is 14.6. The number of oxime groups is 1. The first kappa shape index (κ1) is 20.3. The molecular formula is C11H10F7N3O4S. The molecule has 1 unspecified atom stereocenters. The molecule has 7 nitrogen and oxygen atoms in total. The van der Waals surface area contributed by atoms with E-state index in [1.807, 2.05) is 0 Å². The van der Waals surface area contributed by atoms with E-state index in [0.717, 1.165) is 0 Å². The molecule has 2 rings (SSSR count). The summed E-state index contributed by atoms with van der Waals surface area (Å²) in [6.07, 6.45) is -7.12. The Morgan fingerprint density at radius 2 is 1.85 bits per heavy atom. The number of aryl methyl sites for hydroxylation is 1. The topological polar surface area (TPSA) is 82.8 Å². The van der Waals surface area contributed by atoms with Crippen LogP contribution in [0.4, 0.5) is 30.7 Å². The van der Waals surface area contributed by atoms with E-state index in [1.165, 1.54) is 6.92 Å². The molecule has 0 spiro atoms. The second kappa shape index (κ2) is 6.28. The molecule has 0 fully saturated rings. The number of ether oxygens (including phenoxy) is 1. The molecule has 1 aliphatic heterocycles. The van der Waals surface area contributed by atoms with E-state index in [4.69, 9.17) is 0 Å². The van der Waals surface area contributed by atoms with Crippen LogP contribution in [-0.4, -0.2) is 36.0 Å². The van der Waals surface area contributed by atoms with Crippen molar-refractivity contribution in [2.75, 3.05) is 0 Å². The largest absolute Gasteiger partial charge is 0.435 e. The minimum absolute atomic E-state index is 0.0523. The van der Waals surface area contributed by atoms with Gasteiger partial charge in [-0.3, -0.25) is 0 Å². The average molecular weight is 413 g/mol. The molecule has 0 radical (unpaired) electrons. The zero-order valence-corrected chi connectivity index (χ0v) is 13.7. The van der Waals surface area contributed by atoms with E-state index >= 15 is 0 Å². The number of alkyl halides is 7. The van der Waals surface area contributed by atoms with Crippen molar-refractivity contribution in [3.8, 4) is 5.88 Å². The van der Waals surface area contributed by atoms with Crippen LogP contribution in [0.15, 0.2) is 5.16 Å². The van der Waals surface area contributed by atoms with E-state index < -0.39 is 62.6 Å². The highest BCUT2D eigenvalue weighted by Gasteiger charge is 2.59. The molecule has 1 aromatic rings. The lowest BCUT2D eigenvalue weighted by molar-refractivity contribution is -0.144. The van der Waals surface area contributed by atoms with Crippen LogP contribution in [0.3, 0.4) is 0 Å². The summed E-state index contributed by atoms with van der Waals surface area (Å²) in [5.41, 5.74) is -4.73. The summed E-state index contributed by atoms with van der Waals surface area (Å²) in [4.78, 5) is 4.46. The predicted octanol–water partition coefficient (Wildman–Crippen LogP) is 2.63. The summed E-state index contributed by atoms with van der Waals surface area (Å²) in [5.74, 6) is -1.74. The number of halogens is 7. The smallest absolute Gasteiger partial charge is 0.417 e. The molecule has 0 amide bonds. The van der Waals surface area contributed by atoms with Gasteiger partial charge in [-0.15, -0.1) is 0 Å². The van der Waals surface area contributed by atoms with Gasteiger partial charge in [-0.25, -0.2) is 13.1 Å². The summed E-state index contributed by atoms with van der Waals surface area (Å²) >= 11 is 0. The van der Waals surface area contributed by atoms with Gasteiger partial charge in [0.05, 0.1) is 0 Å². The molecule has 0 saturated heterocycles. The third-order valence-electron chi connectivity index (χ3n) is 3.20. The summed E-state index contributed by atoms with van der Waals surface area (Å²) in [5, 5.41) is -0.949. The third-order valence-corrected chi connectivity index (χ3v) is 4.94. The van der Waals surface area contributed by atoms with E-state index in [2.05, 4.69) is 19.8 Å². The Morgan fingerprint density at radius 1 is 1.27 bits per heavy atom. The molecule has 15 heteroatoms. The van der Waals surface area contributed by atoms with Gasteiger partial charge in [0.1, 0.15) is 11.7 Å². The van der Waals surface area contributed by atoms with E-state index in [0.29, 0.717) is 7.05 Å². The minimum Gasteiger partial charge on any atom is -0.417 e. The number of rotatable bonds is 4. The van der Waals surface area contributed by atoms with Gasteiger partial charge in [0.2, 0.25) is 5.88 Å². The zero-order valence-electron chi connectivity index (χ0n) is 12.9. The monoisotopic (exact) mass is 413 g/mol. The molecule has 0 aliphatic carbocycles. The highest BCUT2D eigenvalue weighted by atomic mass is 32.2. The number of nitrogens with zero attached hydrogens (tertiary/aromatic N) is 3. The second-order valence-electron chi connectivity index (χ2n) is 5.15. The molecule has 0 N–H and O–H groups in total. The lowest BCUT2D eigenvalue weighted by Gasteiger charge is -2.19. The van der Waals surface area contributed by atoms with Crippen LogP contribution < -0.4 is 4.74 Å². The molecule has 2 heterocycles. The number of hydrogen-bond donors (Lipinski definition) is 0.